The molecule has 0 saturated heterocycles. The van der Waals surface area contributed by atoms with Crippen molar-refractivity contribution in [3.8, 4) is 11.5 Å². The van der Waals surface area contributed by atoms with Crippen LogP contribution in [0.5, 0.6) is 0 Å². The Morgan fingerprint density at radius 2 is 2.12 bits per heavy atom. The highest BCUT2D eigenvalue weighted by Crippen LogP contribution is 2.17. The molecule has 4 rings (SSSR count). The number of carbonyl (C=O) groups excluding carboxylic acids is 1. The van der Waals surface area contributed by atoms with E-state index in [0.29, 0.717) is 18.1 Å². The van der Waals surface area contributed by atoms with Crippen LogP contribution in [0.3, 0.4) is 0 Å². The molecule has 26 heavy (non-hydrogen) atoms. The second kappa shape index (κ2) is 6.40. The lowest BCUT2D eigenvalue weighted by atomic mass is 10.2. The Labute approximate surface area is 148 Å². The van der Waals surface area contributed by atoms with Gasteiger partial charge < -0.3 is 9.73 Å². The molecule has 0 saturated carbocycles. The summed E-state index contributed by atoms with van der Waals surface area (Å²) in [6.07, 6.45) is 3.30. The molecule has 130 valence electrons. The van der Waals surface area contributed by atoms with Crippen LogP contribution in [-0.4, -0.2) is 30.5 Å². The highest BCUT2D eigenvalue weighted by Gasteiger charge is 2.14. The number of nitrogens with one attached hydrogen (secondary N) is 1. The van der Waals surface area contributed by atoms with E-state index in [2.05, 4.69) is 25.4 Å². The highest BCUT2D eigenvalue weighted by molar-refractivity contribution is 5.90. The predicted molar refractivity (Wildman–Crippen MR) is 93.4 cm³/mol. The minimum absolute atomic E-state index is 0.0892. The van der Waals surface area contributed by atoms with Gasteiger partial charge in [0.15, 0.2) is 5.76 Å². The van der Waals surface area contributed by atoms with Gasteiger partial charge >= 0.3 is 0 Å². The quantitative estimate of drug-likeness (QED) is 0.608. The summed E-state index contributed by atoms with van der Waals surface area (Å²) < 4.78 is 6.86. The molecule has 1 amide bonds. The zero-order valence-electron chi connectivity index (χ0n) is 14.3. The lowest BCUT2D eigenvalue weighted by Crippen LogP contribution is -2.24. The van der Waals surface area contributed by atoms with Crippen LogP contribution in [0.25, 0.3) is 17.2 Å². The molecular formula is C18H16N6O2. The molecule has 0 spiro atoms. The smallest absolute Gasteiger partial charge is 0.291 e. The third kappa shape index (κ3) is 3.04. The lowest BCUT2D eigenvalue weighted by molar-refractivity contribution is 0.0940. The van der Waals surface area contributed by atoms with Crippen molar-refractivity contribution in [3.63, 3.8) is 0 Å². The van der Waals surface area contributed by atoms with Gasteiger partial charge in [-0.2, -0.15) is 4.98 Å². The van der Waals surface area contributed by atoms with Gasteiger partial charge in [0, 0.05) is 24.1 Å². The molecule has 8 nitrogen and oxygen atoms in total. The van der Waals surface area contributed by atoms with Crippen LogP contribution in [-0.2, 0) is 6.54 Å². The summed E-state index contributed by atoms with van der Waals surface area (Å²) in [5.41, 5.74) is 3.31. The van der Waals surface area contributed by atoms with E-state index in [1.54, 1.807) is 17.0 Å². The lowest BCUT2D eigenvalue weighted by Gasteiger charge is -2.03. The topological polar surface area (TPSA) is 98.2 Å². The molecule has 8 heteroatoms. The number of hydrogen-bond acceptors (Lipinski definition) is 6. The van der Waals surface area contributed by atoms with E-state index >= 15 is 0 Å². The summed E-state index contributed by atoms with van der Waals surface area (Å²) >= 11 is 0. The number of pyridine rings is 1. The second-order valence-electron chi connectivity index (χ2n) is 5.90. The molecule has 0 aliphatic heterocycles. The van der Waals surface area contributed by atoms with Gasteiger partial charge in [0.05, 0.1) is 6.26 Å². The average molecular weight is 348 g/mol. The Morgan fingerprint density at radius 3 is 2.85 bits per heavy atom. The summed E-state index contributed by atoms with van der Waals surface area (Å²) in [5.74, 6) is 0.846. The van der Waals surface area contributed by atoms with Gasteiger partial charge in [0.25, 0.3) is 11.7 Å². The number of amides is 1. The van der Waals surface area contributed by atoms with Crippen molar-refractivity contribution >= 4 is 11.7 Å². The number of aromatic nitrogens is 5. The van der Waals surface area contributed by atoms with Crippen molar-refractivity contribution in [1.29, 1.82) is 0 Å². The third-order valence-electron chi connectivity index (χ3n) is 3.87. The fraction of sp³-hybridized carbons (Fsp3) is 0.167. The first-order chi connectivity index (χ1) is 12.6. The van der Waals surface area contributed by atoms with E-state index in [9.17, 15) is 4.79 Å². The summed E-state index contributed by atoms with van der Waals surface area (Å²) in [5, 5.41) is 7.01. The number of carbonyl (C=O) groups is 1. The van der Waals surface area contributed by atoms with Crippen molar-refractivity contribution in [2.45, 2.75) is 20.4 Å². The van der Waals surface area contributed by atoms with Crippen LogP contribution in [0.2, 0.25) is 0 Å². The summed E-state index contributed by atoms with van der Waals surface area (Å²) in [6.45, 7) is 4.09. The number of fused-ring (bicyclic) bond motifs is 1. The first kappa shape index (κ1) is 15.9. The van der Waals surface area contributed by atoms with Crippen LogP contribution in [0.4, 0.5) is 0 Å². The van der Waals surface area contributed by atoms with Gasteiger partial charge in [-0.25, -0.2) is 9.50 Å². The Bertz CT molecular complexity index is 1070. The maximum absolute atomic E-state index is 12.3. The van der Waals surface area contributed by atoms with E-state index in [1.165, 1.54) is 0 Å². The van der Waals surface area contributed by atoms with Gasteiger partial charge in [0.1, 0.15) is 5.69 Å². The van der Waals surface area contributed by atoms with Gasteiger partial charge in [0.2, 0.25) is 5.82 Å². The van der Waals surface area contributed by atoms with E-state index in [1.807, 2.05) is 44.2 Å². The number of aryl methyl sites for hydroxylation is 2. The summed E-state index contributed by atoms with van der Waals surface area (Å²) in [7, 11) is 0. The van der Waals surface area contributed by atoms with Crippen LogP contribution in [0, 0.1) is 13.8 Å². The molecule has 4 aromatic rings. The maximum Gasteiger partial charge on any atom is 0.291 e. The molecule has 0 aromatic carbocycles. The normalized spacial score (nSPS) is 11.0. The Morgan fingerprint density at radius 1 is 1.23 bits per heavy atom. The zero-order valence-corrected chi connectivity index (χ0v) is 14.3. The van der Waals surface area contributed by atoms with Gasteiger partial charge in [-0.1, -0.05) is 6.07 Å². The number of furan rings is 1. The molecule has 1 N–H and O–H groups in total. The average Bonchev–Trinajstić information content (AvgIpc) is 3.30. The van der Waals surface area contributed by atoms with Crippen molar-refractivity contribution in [2.75, 3.05) is 0 Å². The molecule has 0 bridgehead atoms. The number of nitrogens with zero attached hydrogens (tertiary/aromatic N) is 5. The van der Waals surface area contributed by atoms with Crippen molar-refractivity contribution in [2.24, 2.45) is 0 Å². The van der Waals surface area contributed by atoms with Crippen LogP contribution < -0.4 is 5.32 Å². The third-order valence-corrected chi connectivity index (χ3v) is 3.87. The van der Waals surface area contributed by atoms with E-state index < -0.39 is 0 Å². The molecule has 4 heterocycles. The molecule has 0 fully saturated rings. The molecule has 0 unspecified atom stereocenters. The molecule has 0 aliphatic rings. The van der Waals surface area contributed by atoms with Gasteiger partial charge in [-0.3, -0.25) is 9.78 Å². The molecular weight excluding hydrogens is 332 g/mol. The van der Waals surface area contributed by atoms with Crippen molar-refractivity contribution in [1.82, 2.24) is 29.9 Å². The standard InChI is InChI=1S/C18H16N6O2/c1-11-8-12(2)24-18(21-11)22-16(23-24)17(25)20-10-13-5-6-14(19-9-13)15-4-3-7-26-15/h3-9H,10H2,1-2H3,(H,20,25). The molecule has 0 aliphatic carbocycles. The molecule has 0 atom stereocenters. The first-order valence-electron chi connectivity index (χ1n) is 8.08. The van der Waals surface area contributed by atoms with Crippen molar-refractivity contribution < 1.29 is 9.21 Å². The fourth-order valence-corrected chi connectivity index (χ4v) is 2.62. The van der Waals surface area contributed by atoms with E-state index in [-0.39, 0.29) is 11.7 Å². The fourth-order valence-electron chi connectivity index (χ4n) is 2.62. The minimum atomic E-state index is -0.359. The van der Waals surface area contributed by atoms with Crippen LogP contribution in [0.15, 0.2) is 47.2 Å². The zero-order chi connectivity index (χ0) is 18.1. The Hall–Kier alpha value is -3.55. The molecule has 0 radical (unpaired) electrons. The monoisotopic (exact) mass is 348 g/mol. The first-order valence-corrected chi connectivity index (χ1v) is 8.08. The van der Waals surface area contributed by atoms with Gasteiger partial charge in [-0.15, -0.1) is 5.10 Å². The minimum Gasteiger partial charge on any atom is -0.463 e. The SMILES string of the molecule is Cc1cc(C)n2nc(C(=O)NCc3ccc(-c4ccco4)nc3)nc2n1. The van der Waals surface area contributed by atoms with E-state index in [0.717, 1.165) is 22.6 Å². The van der Waals surface area contributed by atoms with Crippen LogP contribution >= 0.6 is 0 Å². The number of hydrogen-bond donors (Lipinski definition) is 1. The summed E-state index contributed by atoms with van der Waals surface area (Å²) in [6, 6.07) is 9.27. The van der Waals surface area contributed by atoms with Gasteiger partial charge in [-0.05, 0) is 43.7 Å². The Kier molecular flexibility index (Phi) is 3.92. The highest BCUT2D eigenvalue weighted by atomic mass is 16.3. The van der Waals surface area contributed by atoms with E-state index in [4.69, 9.17) is 4.42 Å². The second-order valence-corrected chi connectivity index (χ2v) is 5.90. The van der Waals surface area contributed by atoms with Crippen LogP contribution in [0.1, 0.15) is 27.6 Å². The largest absolute Gasteiger partial charge is 0.463 e. The summed E-state index contributed by atoms with van der Waals surface area (Å²) in [4.78, 5) is 25.1. The number of rotatable bonds is 4. The Balaban J connectivity index is 1.46. The van der Waals surface area contributed by atoms with Crippen molar-refractivity contribution in [3.05, 3.63) is 65.6 Å². The molecule has 4 aromatic heterocycles. The predicted octanol–water partition coefficient (Wildman–Crippen LogP) is 2.33. The maximum atomic E-state index is 12.3.